The van der Waals surface area contributed by atoms with Gasteiger partial charge in [-0.25, -0.2) is 9.67 Å². The maximum absolute atomic E-state index is 12.2. The predicted octanol–water partition coefficient (Wildman–Crippen LogP) is 2.97. The van der Waals surface area contributed by atoms with E-state index in [1.807, 2.05) is 38.1 Å². The molecule has 8 nitrogen and oxygen atoms in total. The zero-order valence-electron chi connectivity index (χ0n) is 15.0. The van der Waals surface area contributed by atoms with E-state index in [1.54, 1.807) is 11.0 Å². The van der Waals surface area contributed by atoms with Crippen LogP contribution in [0.4, 0.5) is 5.69 Å². The quantitative estimate of drug-likeness (QED) is 0.503. The molecule has 2 aromatic heterocycles. The number of aromatic hydroxyl groups is 1. The molecule has 0 aliphatic heterocycles. The van der Waals surface area contributed by atoms with E-state index < -0.39 is 5.56 Å². The average molecular weight is 384 g/mol. The van der Waals surface area contributed by atoms with Crippen LogP contribution in [0.3, 0.4) is 0 Å². The van der Waals surface area contributed by atoms with Gasteiger partial charge in [0, 0.05) is 12.3 Å². The van der Waals surface area contributed by atoms with Crippen molar-refractivity contribution in [3.8, 4) is 5.88 Å². The van der Waals surface area contributed by atoms with Crippen molar-refractivity contribution >= 4 is 24.1 Å². The summed E-state index contributed by atoms with van der Waals surface area (Å²) in [5.74, 6) is -0.176. The van der Waals surface area contributed by atoms with Crippen LogP contribution in [0.5, 0.6) is 5.88 Å². The van der Waals surface area contributed by atoms with Gasteiger partial charge in [-0.1, -0.05) is 19.1 Å². The molecule has 0 unspecified atom stereocenters. The highest BCUT2D eigenvalue weighted by atomic mass is 32.1. The van der Waals surface area contributed by atoms with E-state index in [-0.39, 0.29) is 22.3 Å². The van der Waals surface area contributed by atoms with E-state index in [4.69, 9.17) is 12.2 Å². The Hall–Kier alpha value is -3.07. The van der Waals surface area contributed by atoms with Gasteiger partial charge >= 0.3 is 0 Å². The van der Waals surface area contributed by atoms with Crippen molar-refractivity contribution in [1.29, 1.82) is 0 Å². The maximum Gasteiger partial charge on any atom is 0.264 e. The van der Waals surface area contributed by atoms with Gasteiger partial charge in [0.15, 0.2) is 4.77 Å². The lowest BCUT2D eigenvalue weighted by Gasteiger charge is -2.16. The normalized spacial score (nSPS) is 12.5. The van der Waals surface area contributed by atoms with Gasteiger partial charge in [0.2, 0.25) is 5.88 Å². The van der Waals surface area contributed by atoms with Gasteiger partial charge in [0.05, 0.1) is 12.2 Å². The zero-order valence-corrected chi connectivity index (χ0v) is 15.8. The standard InChI is InChI=1S/C18H20N6O2S/c1-3-12(2)24-17(26)15(16(25)22-18(24)27)8-20-14-6-4-13(5-7-14)9-23-11-19-10-21-23/h4-8,10-12,26H,3,9H2,1-2H3,(H,22,25,27)/t12-/m0/s1. The number of aromatic nitrogens is 5. The number of aliphatic imine (C=N–C) groups is 1. The number of hydrogen-bond donors (Lipinski definition) is 2. The zero-order chi connectivity index (χ0) is 19.4. The Balaban J connectivity index is 1.85. The van der Waals surface area contributed by atoms with Crippen LogP contribution in [0.25, 0.3) is 0 Å². The molecule has 0 spiro atoms. The molecule has 9 heteroatoms. The fourth-order valence-electron chi connectivity index (χ4n) is 2.59. The largest absolute Gasteiger partial charge is 0.494 e. The number of H-pyrrole nitrogens is 1. The van der Waals surface area contributed by atoms with Crippen molar-refractivity contribution in [2.24, 2.45) is 4.99 Å². The topological polar surface area (TPSA) is 101 Å². The summed E-state index contributed by atoms with van der Waals surface area (Å²) in [5, 5.41) is 14.6. The van der Waals surface area contributed by atoms with Crippen LogP contribution in [0, 0.1) is 4.77 Å². The van der Waals surface area contributed by atoms with Gasteiger partial charge < -0.3 is 5.11 Å². The molecule has 3 aromatic rings. The fraction of sp³-hybridized carbons (Fsp3) is 0.278. The first kappa shape index (κ1) is 18.7. The van der Waals surface area contributed by atoms with Crippen molar-refractivity contribution in [1.82, 2.24) is 24.3 Å². The smallest absolute Gasteiger partial charge is 0.264 e. The molecule has 2 N–H and O–H groups in total. The first-order valence-electron chi connectivity index (χ1n) is 8.52. The Morgan fingerprint density at radius 3 is 2.74 bits per heavy atom. The predicted molar refractivity (Wildman–Crippen MR) is 105 cm³/mol. The van der Waals surface area contributed by atoms with Crippen molar-refractivity contribution in [2.45, 2.75) is 32.9 Å². The summed E-state index contributed by atoms with van der Waals surface area (Å²) in [4.78, 5) is 23.0. The monoisotopic (exact) mass is 384 g/mol. The lowest BCUT2D eigenvalue weighted by Crippen LogP contribution is -2.20. The van der Waals surface area contributed by atoms with Gasteiger partial charge in [-0.15, -0.1) is 0 Å². The maximum atomic E-state index is 12.2. The van der Waals surface area contributed by atoms with Crippen molar-refractivity contribution in [3.05, 3.63) is 63.2 Å². The van der Waals surface area contributed by atoms with Crippen LogP contribution in [0.15, 0.2) is 46.7 Å². The molecule has 0 bridgehead atoms. The molecule has 3 rings (SSSR count). The minimum absolute atomic E-state index is 0.0439. The number of nitrogens with one attached hydrogen (secondary N) is 1. The lowest BCUT2D eigenvalue weighted by molar-refractivity contribution is 0.371. The number of rotatable bonds is 6. The van der Waals surface area contributed by atoms with Crippen LogP contribution >= 0.6 is 12.2 Å². The Bertz CT molecular complexity index is 1050. The van der Waals surface area contributed by atoms with E-state index in [2.05, 4.69) is 20.1 Å². The summed E-state index contributed by atoms with van der Waals surface area (Å²) in [6.45, 7) is 4.51. The molecule has 0 saturated carbocycles. The first-order valence-corrected chi connectivity index (χ1v) is 8.93. The summed E-state index contributed by atoms with van der Waals surface area (Å²) < 4.78 is 3.44. The first-order chi connectivity index (χ1) is 13.0. The van der Waals surface area contributed by atoms with Crippen LogP contribution < -0.4 is 5.56 Å². The summed E-state index contributed by atoms with van der Waals surface area (Å²) >= 11 is 5.16. The van der Waals surface area contributed by atoms with Gasteiger partial charge in [-0.2, -0.15) is 5.10 Å². The lowest BCUT2D eigenvalue weighted by atomic mass is 10.2. The SMILES string of the molecule is CC[C@H](C)n1c(O)c(C=Nc2ccc(Cn3cncn3)cc2)c(=O)[nH]c1=S. The molecule has 0 saturated heterocycles. The summed E-state index contributed by atoms with van der Waals surface area (Å²) in [7, 11) is 0. The van der Waals surface area contributed by atoms with Crippen LogP contribution in [0.1, 0.15) is 37.4 Å². The number of nitrogens with zero attached hydrogens (tertiary/aromatic N) is 5. The van der Waals surface area contributed by atoms with Crippen LogP contribution in [-0.2, 0) is 6.54 Å². The highest BCUT2D eigenvalue weighted by molar-refractivity contribution is 7.71. The van der Waals surface area contributed by atoms with Crippen LogP contribution in [0.2, 0.25) is 0 Å². The highest BCUT2D eigenvalue weighted by Crippen LogP contribution is 2.21. The Kier molecular flexibility index (Phi) is 5.60. The Morgan fingerprint density at radius 1 is 1.37 bits per heavy atom. The van der Waals surface area contributed by atoms with E-state index in [9.17, 15) is 9.90 Å². The van der Waals surface area contributed by atoms with Gasteiger partial charge in [-0.05, 0) is 43.3 Å². The van der Waals surface area contributed by atoms with E-state index >= 15 is 0 Å². The molecule has 0 fully saturated rings. The molecular weight excluding hydrogens is 364 g/mol. The second kappa shape index (κ2) is 8.09. The summed E-state index contributed by atoms with van der Waals surface area (Å²) in [6.07, 6.45) is 5.25. The van der Waals surface area contributed by atoms with E-state index in [1.165, 1.54) is 17.1 Å². The third kappa shape index (κ3) is 4.20. The van der Waals surface area contributed by atoms with Gasteiger partial charge in [0.25, 0.3) is 5.56 Å². The van der Waals surface area contributed by atoms with Crippen molar-refractivity contribution < 1.29 is 5.11 Å². The van der Waals surface area contributed by atoms with E-state index in [0.717, 1.165) is 12.0 Å². The minimum Gasteiger partial charge on any atom is -0.494 e. The van der Waals surface area contributed by atoms with Crippen molar-refractivity contribution in [3.63, 3.8) is 0 Å². The number of benzene rings is 1. The second-order valence-corrected chi connectivity index (χ2v) is 6.53. The second-order valence-electron chi connectivity index (χ2n) is 6.14. The van der Waals surface area contributed by atoms with Crippen molar-refractivity contribution in [2.75, 3.05) is 0 Å². The summed E-state index contributed by atoms with van der Waals surface area (Å²) in [6, 6.07) is 7.46. The third-order valence-corrected chi connectivity index (χ3v) is 4.57. The molecule has 0 radical (unpaired) electrons. The number of hydrogen-bond acceptors (Lipinski definition) is 6. The van der Waals surface area contributed by atoms with Crippen LogP contribution in [-0.4, -0.2) is 35.6 Å². The highest BCUT2D eigenvalue weighted by Gasteiger charge is 2.14. The fourth-order valence-corrected chi connectivity index (χ4v) is 2.95. The molecule has 0 aliphatic rings. The minimum atomic E-state index is -0.469. The molecule has 27 heavy (non-hydrogen) atoms. The molecule has 140 valence electrons. The molecular formula is C18H20N6O2S. The van der Waals surface area contributed by atoms with Gasteiger partial charge in [0.1, 0.15) is 18.2 Å². The molecule has 1 aromatic carbocycles. The molecule has 2 heterocycles. The molecule has 1 atom stereocenters. The number of aromatic amines is 1. The van der Waals surface area contributed by atoms with E-state index in [0.29, 0.717) is 12.2 Å². The Labute approximate surface area is 160 Å². The summed E-state index contributed by atoms with van der Waals surface area (Å²) in [5.41, 5.74) is 1.32. The molecule has 0 aliphatic carbocycles. The third-order valence-electron chi connectivity index (χ3n) is 4.27. The Morgan fingerprint density at radius 2 is 2.11 bits per heavy atom. The molecule has 0 amide bonds. The average Bonchev–Trinajstić information content (AvgIpc) is 3.15. The van der Waals surface area contributed by atoms with Gasteiger partial charge in [-0.3, -0.25) is 19.3 Å².